The third kappa shape index (κ3) is 5.29. The molecule has 0 N–H and O–H groups in total. The Morgan fingerprint density at radius 1 is 1.03 bits per heavy atom. The highest BCUT2D eigenvalue weighted by molar-refractivity contribution is 9.10. The van der Waals surface area contributed by atoms with Crippen molar-refractivity contribution in [1.82, 2.24) is 14.8 Å². The Labute approximate surface area is 221 Å². The van der Waals surface area contributed by atoms with Crippen molar-refractivity contribution in [3.8, 4) is 0 Å². The number of fused-ring (bicyclic) bond motifs is 2. The van der Waals surface area contributed by atoms with Crippen molar-refractivity contribution in [1.29, 1.82) is 0 Å². The Hall–Kier alpha value is -1.92. The maximum absolute atomic E-state index is 13.1. The van der Waals surface area contributed by atoms with Gasteiger partial charge in [0.25, 0.3) is 0 Å². The van der Waals surface area contributed by atoms with Crippen LogP contribution in [0.25, 0.3) is 0 Å². The van der Waals surface area contributed by atoms with Crippen LogP contribution in [0.4, 0.5) is 0 Å². The number of carbonyl (C=O) groups is 2. The Balaban J connectivity index is 1.29. The van der Waals surface area contributed by atoms with Crippen LogP contribution >= 0.6 is 27.5 Å². The Morgan fingerprint density at radius 3 is 2.43 bits per heavy atom. The molecule has 5 nitrogen and oxygen atoms in total. The maximum Gasteiger partial charge on any atom is 0.222 e. The van der Waals surface area contributed by atoms with E-state index in [4.69, 9.17) is 16.6 Å². The minimum atomic E-state index is 0.139. The van der Waals surface area contributed by atoms with Gasteiger partial charge in [-0.1, -0.05) is 23.7 Å². The zero-order chi connectivity index (χ0) is 24.5. The number of benzene rings is 1. The Kier molecular flexibility index (Phi) is 7.50. The SMILES string of the molecule is CC(=O)N1CCC(CC(=O)N2CCC(C3c4ncc(Br)cc4CCc4cccc(Cl)c43)CC2)CC1. The highest BCUT2D eigenvalue weighted by Gasteiger charge is 2.36. The third-order valence-electron chi connectivity index (χ3n) is 8.27. The molecule has 2 amide bonds. The lowest BCUT2D eigenvalue weighted by atomic mass is 9.76. The molecule has 3 heterocycles. The summed E-state index contributed by atoms with van der Waals surface area (Å²) in [5.41, 5.74) is 5.02. The summed E-state index contributed by atoms with van der Waals surface area (Å²) in [4.78, 5) is 33.6. The van der Waals surface area contributed by atoms with E-state index in [1.807, 2.05) is 17.2 Å². The average Bonchev–Trinajstić information content (AvgIpc) is 3.02. The molecular formula is C28H33BrClN3O2. The van der Waals surface area contributed by atoms with Gasteiger partial charge in [-0.3, -0.25) is 14.6 Å². The number of pyridine rings is 1. The van der Waals surface area contributed by atoms with Gasteiger partial charge in [0, 0.05) is 61.1 Å². The summed E-state index contributed by atoms with van der Waals surface area (Å²) in [5.74, 6) is 1.37. The number of hydrogen-bond acceptors (Lipinski definition) is 3. The van der Waals surface area contributed by atoms with Gasteiger partial charge in [-0.2, -0.15) is 0 Å². The fraction of sp³-hybridized carbons (Fsp3) is 0.536. The first-order chi connectivity index (χ1) is 16.9. The van der Waals surface area contributed by atoms with Crippen LogP contribution < -0.4 is 0 Å². The number of aryl methyl sites for hydroxylation is 2. The van der Waals surface area contributed by atoms with Crippen LogP contribution in [0.5, 0.6) is 0 Å². The normalized spacial score (nSPS) is 21.3. The summed E-state index contributed by atoms with van der Waals surface area (Å²) < 4.78 is 1.02. The fourth-order valence-electron chi connectivity index (χ4n) is 6.30. The van der Waals surface area contributed by atoms with E-state index >= 15 is 0 Å². The van der Waals surface area contributed by atoms with Crippen LogP contribution in [-0.2, 0) is 22.4 Å². The van der Waals surface area contributed by atoms with Crippen LogP contribution in [-0.4, -0.2) is 52.8 Å². The van der Waals surface area contributed by atoms with Gasteiger partial charge >= 0.3 is 0 Å². The van der Waals surface area contributed by atoms with Crippen LogP contribution in [0.15, 0.2) is 34.9 Å². The summed E-state index contributed by atoms with van der Waals surface area (Å²) in [6, 6.07) is 8.49. The number of likely N-dealkylation sites (tertiary alicyclic amines) is 2. The van der Waals surface area contributed by atoms with Gasteiger partial charge in [-0.05, 0) is 95.1 Å². The molecule has 0 saturated carbocycles. The van der Waals surface area contributed by atoms with E-state index in [0.29, 0.717) is 18.3 Å². The van der Waals surface area contributed by atoms with Crippen molar-refractivity contribution in [3.05, 3.63) is 62.3 Å². The lowest BCUT2D eigenvalue weighted by Crippen LogP contribution is -2.42. The molecule has 0 bridgehead atoms. The highest BCUT2D eigenvalue weighted by atomic mass is 79.9. The molecular weight excluding hydrogens is 526 g/mol. The first-order valence-electron chi connectivity index (χ1n) is 12.9. The molecule has 2 aliphatic heterocycles. The van der Waals surface area contributed by atoms with Gasteiger partial charge in [-0.15, -0.1) is 0 Å². The molecule has 35 heavy (non-hydrogen) atoms. The monoisotopic (exact) mass is 557 g/mol. The summed E-state index contributed by atoms with van der Waals surface area (Å²) in [6.45, 7) is 4.76. The molecule has 1 aliphatic carbocycles. The van der Waals surface area contributed by atoms with E-state index in [1.165, 1.54) is 16.7 Å². The standard InChI is InChI=1S/C28H33BrClN3O2/c1-18(34)32-11-7-19(8-12-32)15-25(35)33-13-9-21(10-14-33)27-26-20(3-2-4-24(26)30)5-6-22-16-23(29)17-31-28(22)27/h2-4,16-17,19,21,27H,5-15H2,1H3. The van der Waals surface area contributed by atoms with E-state index in [-0.39, 0.29) is 17.7 Å². The van der Waals surface area contributed by atoms with Gasteiger partial charge in [0.2, 0.25) is 11.8 Å². The fourth-order valence-corrected chi connectivity index (χ4v) is 6.99. The van der Waals surface area contributed by atoms with E-state index in [9.17, 15) is 9.59 Å². The van der Waals surface area contributed by atoms with Crippen molar-refractivity contribution < 1.29 is 9.59 Å². The summed E-state index contributed by atoms with van der Waals surface area (Å²) in [6.07, 6.45) is 8.22. The van der Waals surface area contributed by atoms with Crippen molar-refractivity contribution >= 4 is 39.3 Å². The lowest BCUT2D eigenvalue weighted by molar-refractivity contribution is -0.134. The van der Waals surface area contributed by atoms with Gasteiger partial charge in [0.15, 0.2) is 0 Å². The predicted octanol–water partition coefficient (Wildman–Crippen LogP) is 5.62. The molecule has 1 atom stereocenters. The molecule has 2 saturated heterocycles. The van der Waals surface area contributed by atoms with Gasteiger partial charge in [0.1, 0.15) is 0 Å². The molecule has 7 heteroatoms. The van der Waals surface area contributed by atoms with Crippen LogP contribution in [0.3, 0.4) is 0 Å². The van der Waals surface area contributed by atoms with Crippen molar-refractivity contribution in [3.63, 3.8) is 0 Å². The van der Waals surface area contributed by atoms with Gasteiger partial charge in [0.05, 0.1) is 5.69 Å². The third-order valence-corrected chi connectivity index (χ3v) is 9.03. The van der Waals surface area contributed by atoms with E-state index < -0.39 is 0 Å². The lowest BCUT2D eigenvalue weighted by Gasteiger charge is -2.38. The molecule has 1 aromatic carbocycles. The van der Waals surface area contributed by atoms with Gasteiger partial charge < -0.3 is 9.80 Å². The van der Waals surface area contributed by atoms with E-state index in [0.717, 1.165) is 79.9 Å². The number of carbonyl (C=O) groups excluding carboxylic acids is 2. The molecule has 2 aromatic rings. The number of amides is 2. The number of halogens is 2. The average molecular weight is 559 g/mol. The number of nitrogens with zero attached hydrogens (tertiary/aromatic N) is 3. The second-order valence-electron chi connectivity index (χ2n) is 10.4. The summed E-state index contributed by atoms with van der Waals surface area (Å²) in [7, 11) is 0. The Morgan fingerprint density at radius 2 is 1.71 bits per heavy atom. The topological polar surface area (TPSA) is 53.5 Å². The number of aromatic nitrogens is 1. The smallest absolute Gasteiger partial charge is 0.222 e. The molecule has 5 rings (SSSR count). The van der Waals surface area contributed by atoms with Crippen LogP contribution in [0.2, 0.25) is 5.02 Å². The molecule has 1 unspecified atom stereocenters. The minimum Gasteiger partial charge on any atom is -0.343 e. The number of hydrogen-bond donors (Lipinski definition) is 0. The Bertz CT molecular complexity index is 1110. The van der Waals surface area contributed by atoms with E-state index in [1.54, 1.807) is 6.92 Å². The minimum absolute atomic E-state index is 0.139. The molecule has 1 aromatic heterocycles. The summed E-state index contributed by atoms with van der Waals surface area (Å²) >= 11 is 10.4. The molecule has 186 valence electrons. The van der Waals surface area contributed by atoms with E-state index in [2.05, 4.69) is 39.0 Å². The number of piperidine rings is 2. The second kappa shape index (κ2) is 10.6. The maximum atomic E-state index is 13.1. The van der Waals surface area contributed by atoms with Gasteiger partial charge in [-0.25, -0.2) is 0 Å². The largest absolute Gasteiger partial charge is 0.343 e. The first-order valence-corrected chi connectivity index (χ1v) is 14.0. The van der Waals surface area contributed by atoms with Crippen LogP contribution in [0.1, 0.15) is 67.3 Å². The summed E-state index contributed by atoms with van der Waals surface area (Å²) in [5, 5.41) is 0.834. The van der Waals surface area contributed by atoms with Crippen molar-refractivity contribution in [2.24, 2.45) is 11.8 Å². The quantitative estimate of drug-likeness (QED) is 0.492. The molecule has 2 fully saturated rings. The highest BCUT2D eigenvalue weighted by Crippen LogP contribution is 2.45. The zero-order valence-corrected chi connectivity index (χ0v) is 22.7. The first kappa shape index (κ1) is 24.8. The molecule has 0 spiro atoms. The van der Waals surface area contributed by atoms with Crippen LogP contribution in [0, 0.1) is 11.8 Å². The second-order valence-corrected chi connectivity index (χ2v) is 11.7. The molecule has 3 aliphatic rings. The zero-order valence-electron chi connectivity index (χ0n) is 20.3. The van der Waals surface area contributed by atoms with Crippen molar-refractivity contribution in [2.75, 3.05) is 26.2 Å². The van der Waals surface area contributed by atoms with Crippen molar-refractivity contribution in [2.45, 2.75) is 57.8 Å². The number of rotatable bonds is 3. The predicted molar refractivity (Wildman–Crippen MR) is 142 cm³/mol. The molecule has 0 radical (unpaired) electrons.